The molecule has 1 aromatic heterocycles. The summed E-state index contributed by atoms with van der Waals surface area (Å²) in [5, 5.41) is 16.9. The van der Waals surface area contributed by atoms with Gasteiger partial charge >= 0.3 is 0 Å². The largest absolute Gasteiger partial charge is 0.494 e. The zero-order valence-corrected chi connectivity index (χ0v) is 23.1. The molecule has 1 heterocycles. The van der Waals surface area contributed by atoms with Crippen LogP contribution < -0.4 is 20.1 Å². The van der Waals surface area contributed by atoms with Crippen molar-refractivity contribution in [2.75, 3.05) is 37.3 Å². The number of aromatic nitrogens is 2. The minimum atomic E-state index is -4.34. The number of hydrogen-bond acceptors (Lipinski definition) is 8. The zero-order valence-electron chi connectivity index (χ0n) is 21.6. The summed E-state index contributed by atoms with van der Waals surface area (Å²) in [5.74, 6) is -1.40. The third-order valence-corrected chi connectivity index (χ3v) is 8.32. The lowest BCUT2D eigenvalue weighted by molar-refractivity contribution is 0.180. The van der Waals surface area contributed by atoms with E-state index in [9.17, 15) is 13.5 Å². The van der Waals surface area contributed by atoms with E-state index in [1.807, 2.05) is 7.05 Å². The van der Waals surface area contributed by atoms with Gasteiger partial charge in [0, 0.05) is 29.7 Å². The lowest BCUT2D eigenvalue weighted by Crippen LogP contribution is -2.18. The first kappa shape index (κ1) is 28.0. The Balaban J connectivity index is 1.54. The molecule has 1 atom stereocenters. The SMILES string of the molecule is CNCCNc1ncc2cc(-c3c(F)ccc(NS(=O)(=O)c4cc(Cl)cc5c4CC[C@H]5O)c3F)cc(OC)c2n1. The van der Waals surface area contributed by atoms with Crippen LogP contribution in [0.3, 0.4) is 0 Å². The van der Waals surface area contributed by atoms with Crippen molar-refractivity contribution in [3.63, 3.8) is 0 Å². The molecule has 0 bridgehead atoms. The molecule has 40 heavy (non-hydrogen) atoms. The van der Waals surface area contributed by atoms with Gasteiger partial charge in [0.2, 0.25) is 5.95 Å². The van der Waals surface area contributed by atoms with Crippen molar-refractivity contribution in [2.45, 2.75) is 23.8 Å². The number of fused-ring (bicyclic) bond motifs is 2. The molecule has 0 spiro atoms. The molecular formula is C27H26ClF2N5O4S. The van der Waals surface area contributed by atoms with Gasteiger partial charge in [-0.25, -0.2) is 27.2 Å². The number of halogens is 3. The Morgan fingerprint density at radius 1 is 1.18 bits per heavy atom. The van der Waals surface area contributed by atoms with Crippen LogP contribution in [0.2, 0.25) is 5.02 Å². The fraction of sp³-hybridized carbons (Fsp3) is 0.259. The molecule has 0 unspecified atom stereocenters. The fourth-order valence-electron chi connectivity index (χ4n) is 4.77. The number of rotatable bonds is 9. The van der Waals surface area contributed by atoms with Crippen LogP contribution in [-0.4, -0.2) is 50.7 Å². The van der Waals surface area contributed by atoms with Crippen LogP contribution in [-0.2, 0) is 16.4 Å². The predicted molar refractivity (Wildman–Crippen MR) is 149 cm³/mol. The standard InChI is InChI=1S/C27H26ClF2N5O4S/c1-31-7-8-32-27-33-13-15-9-14(10-22(39-2)26(15)34-27)24-19(29)4-5-20(25(24)30)35-40(37,38)23-12-16(28)11-18-17(23)3-6-21(18)36/h4-5,9-13,21,31,35-36H,3,6-8H2,1-2H3,(H,32,33,34)/t21-/m1/s1. The van der Waals surface area contributed by atoms with E-state index in [2.05, 4.69) is 25.3 Å². The van der Waals surface area contributed by atoms with Crippen LogP contribution in [0.4, 0.5) is 20.4 Å². The van der Waals surface area contributed by atoms with Crippen molar-refractivity contribution in [1.82, 2.24) is 15.3 Å². The molecule has 3 aromatic carbocycles. The number of methoxy groups -OCH3 is 1. The minimum absolute atomic E-state index is 0.103. The molecule has 4 N–H and O–H groups in total. The number of aliphatic hydroxyl groups is 1. The molecule has 0 saturated heterocycles. The van der Waals surface area contributed by atoms with Crippen molar-refractivity contribution in [3.8, 4) is 16.9 Å². The first-order valence-electron chi connectivity index (χ1n) is 12.4. The summed E-state index contributed by atoms with van der Waals surface area (Å²) in [6, 6.07) is 7.68. The number of nitrogens with one attached hydrogen (secondary N) is 3. The molecule has 0 radical (unpaired) electrons. The minimum Gasteiger partial charge on any atom is -0.494 e. The number of likely N-dealkylation sites (N-methyl/N-ethyl adjacent to an activating group) is 1. The van der Waals surface area contributed by atoms with Gasteiger partial charge in [-0.2, -0.15) is 0 Å². The summed E-state index contributed by atoms with van der Waals surface area (Å²) in [7, 11) is -1.12. The third kappa shape index (κ3) is 5.27. The molecule has 0 amide bonds. The van der Waals surface area contributed by atoms with Crippen molar-refractivity contribution in [1.29, 1.82) is 0 Å². The van der Waals surface area contributed by atoms with E-state index in [0.29, 0.717) is 53.9 Å². The molecule has 0 fully saturated rings. The molecular weight excluding hydrogens is 564 g/mol. The quantitative estimate of drug-likeness (QED) is 0.208. The average Bonchev–Trinajstić information content (AvgIpc) is 3.29. The van der Waals surface area contributed by atoms with E-state index in [1.54, 1.807) is 0 Å². The fourth-order valence-corrected chi connectivity index (χ4v) is 6.44. The van der Waals surface area contributed by atoms with Gasteiger partial charge in [0.05, 0.1) is 29.4 Å². The zero-order chi connectivity index (χ0) is 28.6. The van der Waals surface area contributed by atoms with Crippen molar-refractivity contribution in [2.24, 2.45) is 0 Å². The normalized spacial score (nSPS) is 14.8. The highest BCUT2D eigenvalue weighted by atomic mass is 35.5. The smallest absolute Gasteiger partial charge is 0.262 e. The lowest BCUT2D eigenvalue weighted by atomic mass is 10.0. The average molecular weight is 590 g/mol. The number of hydrogen-bond donors (Lipinski definition) is 4. The van der Waals surface area contributed by atoms with E-state index < -0.39 is 39.0 Å². The van der Waals surface area contributed by atoms with Crippen LogP contribution in [0.25, 0.3) is 22.0 Å². The summed E-state index contributed by atoms with van der Waals surface area (Å²) in [4.78, 5) is 8.55. The van der Waals surface area contributed by atoms with Gasteiger partial charge in [-0.05, 0) is 73.0 Å². The summed E-state index contributed by atoms with van der Waals surface area (Å²) in [6.45, 7) is 1.28. The summed E-state index contributed by atoms with van der Waals surface area (Å²) >= 11 is 6.12. The first-order valence-corrected chi connectivity index (χ1v) is 14.2. The van der Waals surface area contributed by atoms with Gasteiger partial charge in [0.25, 0.3) is 10.0 Å². The Hall–Kier alpha value is -3.58. The van der Waals surface area contributed by atoms with Gasteiger partial charge in [0.1, 0.15) is 17.1 Å². The Morgan fingerprint density at radius 3 is 2.73 bits per heavy atom. The second-order valence-corrected chi connectivity index (χ2v) is 11.3. The molecule has 0 aliphatic heterocycles. The number of nitrogens with zero attached hydrogens (tertiary/aromatic N) is 2. The number of sulfonamides is 1. The highest BCUT2D eigenvalue weighted by molar-refractivity contribution is 7.92. The predicted octanol–water partition coefficient (Wildman–Crippen LogP) is 4.65. The van der Waals surface area contributed by atoms with Gasteiger partial charge < -0.3 is 20.5 Å². The molecule has 1 aliphatic rings. The van der Waals surface area contributed by atoms with Gasteiger partial charge in [0.15, 0.2) is 5.82 Å². The summed E-state index contributed by atoms with van der Waals surface area (Å²) in [6.07, 6.45) is 1.32. The molecule has 1 aliphatic carbocycles. The Morgan fingerprint density at radius 2 is 1.98 bits per heavy atom. The van der Waals surface area contributed by atoms with Crippen molar-refractivity contribution in [3.05, 3.63) is 70.4 Å². The van der Waals surface area contributed by atoms with Gasteiger partial charge in [-0.15, -0.1) is 0 Å². The Bertz CT molecular complexity index is 1720. The molecule has 4 aromatic rings. The summed E-state index contributed by atoms with van der Waals surface area (Å²) in [5.41, 5.74) is 0.450. The second-order valence-electron chi connectivity index (χ2n) is 9.26. The van der Waals surface area contributed by atoms with Gasteiger partial charge in [-0.3, -0.25) is 4.72 Å². The highest BCUT2D eigenvalue weighted by Gasteiger charge is 2.30. The van der Waals surface area contributed by atoms with Crippen molar-refractivity contribution < 1.29 is 27.0 Å². The van der Waals surface area contributed by atoms with E-state index in [-0.39, 0.29) is 21.2 Å². The molecule has 0 saturated carbocycles. The maximum Gasteiger partial charge on any atom is 0.262 e. The van der Waals surface area contributed by atoms with Crippen molar-refractivity contribution >= 4 is 44.2 Å². The maximum absolute atomic E-state index is 15.8. The Kier molecular flexibility index (Phi) is 7.78. The number of anilines is 2. The molecule has 210 valence electrons. The molecule has 13 heteroatoms. The van der Waals surface area contributed by atoms with E-state index in [4.69, 9.17) is 16.3 Å². The third-order valence-electron chi connectivity index (χ3n) is 6.67. The highest BCUT2D eigenvalue weighted by Crippen LogP contribution is 2.40. The lowest BCUT2D eigenvalue weighted by Gasteiger charge is -2.16. The van der Waals surface area contributed by atoms with Gasteiger partial charge in [-0.1, -0.05) is 11.6 Å². The van der Waals surface area contributed by atoms with E-state index in [0.717, 1.165) is 12.1 Å². The van der Waals surface area contributed by atoms with Crippen LogP contribution >= 0.6 is 11.6 Å². The topological polar surface area (TPSA) is 125 Å². The maximum atomic E-state index is 15.8. The van der Waals surface area contributed by atoms with Crippen LogP contribution in [0.5, 0.6) is 5.75 Å². The van der Waals surface area contributed by atoms with E-state index in [1.165, 1.54) is 37.6 Å². The monoisotopic (exact) mass is 589 g/mol. The van der Waals surface area contributed by atoms with Crippen LogP contribution in [0.15, 0.2) is 47.5 Å². The first-order chi connectivity index (χ1) is 19.1. The number of benzene rings is 3. The van der Waals surface area contributed by atoms with Crippen LogP contribution in [0.1, 0.15) is 23.7 Å². The summed E-state index contributed by atoms with van der Waals surface area (Å²) < 4.78 is 65.3. The second kappa shape index (κ2) is 11.1. The Labute approximate surface area is 234 Å². The number of ether oxygens (including phenoxy) is 1. The van der Waals surface area contributed by atoms with E-state index >= 15 is 8.78 Å². The van der Waals surface area contributed by atoms with Crippen LogP contribution in [0, 0.1) is 11.6 Å². The molecule has 5 rings (SSSR count). The molecule has 9 nitrogen and oxygen atoms in total. The number of aliphatic hydroxyl groups excluding tert-OH is 1.